The van der Waals surface area contributed by atoms with Gasteiger partial charge in [0.05, 0.1) is 16.7 Å². The molecule has 4 nitrogen and oxygen atoms in total. The van der Waals surface area contributed by atoms with E-state index in [0.29, 0.717) is 0 Å². The van der Waals surface area contributed by atoms with Crippen molar-refractivity contribution in [2.45, 2.75) is 0 Å². The summed E-state index contributed by atoms with van der Waals surface area (Å²) in [7, 11) is 0. The smallest absolute Gasteiger partial charge is 0.0794 e. The minimum Gasteiger partial charge on any atom is -0.265 e. The van der Waals surface area contributed by atoms with Crippen LogP contribution in [0.3, 0.4) is 0 Å². The van der Waals surface area contributed by atoms with Crippen LogP contribution in [0.1, 0.15) is 0 Å². The highest BCUT2D eigenvalue weighted by Crippen LogP contribution is 2.43. The Kier molecular flexibility index (Phi) is 6.10. The number of pyridine rings is 4. The minimum absolute atomic E-state index is 0.968. The molecule has 5 aromatic carbocycles. The molecule has 9 aromatic rings. The maximum Gasteiger partial charge on any atom is 0.0794 e. The van der Waals surface area contributed by atoms with E-state index in [1.165, 1.54) is 5.39 Å². The molecule has 46 heavy (non-hydrogen) atoms. The monoisotopic (exact) mass is 586 g/mol. The number of hydrogen-bond donors (Lipinski definition) is 0. The van der Waals surface area contributed by atoms with Crippen LogP contribution < -0.4 is 0 Å². The van der Waals surface area contributed by atoms with E-state index in [9.17, 15) is 0 Å². The summed E-state index contributed by atoms with van der Waals surface area (Å²) >= 11 is 0. The fraction of sp³-hybridized carbons (Fsp3) is 0. The van der Waals surface area contributed by atoms with E-state index in [0.717, 1.165) is 82.6 Å². The van der Waals surface area contributed by atoms with Crippen molar-refractivity contribution in [1.29, 1.82) is 0 Å². The number of aromatic nitrogens is 4. The Hall–Kier alpha value is -6.26. The van der Waals surface area contributed by atoms with Crippen LogP contribution in [0.4, 0.5) is 0 Å². The first-order valence-corrected chi connectivity index (χ1v) is 15.4. The minimum atomic E-state index is 0.968. The van der Waals surface area contributed by atoms with Gasteiger partial charge in [0.15, 0.2) is 0 Å². The Labute approximate surface area is 265 Å². The molecule has 4 heterocycles. The van der Waals surface area contributed by atoms with Crippen LogP contribution in [0.25, 0.3) is 88.0 Å². The molecule has 0 fully saturated rings. The Morgan fingerprint density at radius 1 is 0.348 bits per heavy atom. The second-order valence-corrected chi connectivity index (χ2v) is 11.5. The van der Waals surface area contributed by atoms with Gasteiger partial charge < -0.3 is 0 Å². The van der Waals surface area contributed by atoms with Gasteiger partial charge in [-0.05, 0) is 99.4 Å². The Morgan fingerprint density at radius 2 is 0.913 bits per heavy atom. The average Bonchev–Trinajstić information content (AvgIpc) is 3.15. The predicted molar refractivity (Wildman–Crippen MR) is 189 cm³/mol. The van der Waals surface area contributed by atoms with Crippen LogP contribution in [0, 0.1) is 0 Å². The summed E-state index contributed by atoms with van der Waals surface area (Å²) in [4.78, 5) is 18.7. The number of benzene rings is 5. The summed E-state index contributed by atoms with van der Waals surface area (Å²) < 4.78 is 0. The van der Waals surface area contributed by atoms with Gasteiger partial charge in [-0.25, -0.2) is 4.98 Å². The molecule has 0 aliphatic rings. The summed E-state index contributed by atoms with van der Waals surface area (Å²) in [5.74, 6) is 0. The van der Waals surface area contributed by atoms with E-state index in [1.807, 2.05) is 37.1 Å². The van der Waals surface area contributed by atoms with Gasteiger partial charge in [0.25, 0.3) is 0 Å². The van der Waals surface area contributed by atoms with Crippen LogP contribution in [-0.2, 0) is 0 Å². The van der Waals surface area contributed by atoms with Crippen molar-refractivity contribution in [2.24, 2.45) is 0 Å². The zero-order valence-corrected chi connectivity index (χ0v) is 24.8. The SMILES string of the molecule is c1cc(-c2cc(-c3ccncc3)cc(-c3ccncc3)c2)cc(-c2nc3ccccc3c3c4cccnc4c4ccccc4c23)c1. The summed E-state index contributed by atoms with van der Waals surface area (Å²) in [6.45, 7) is 0. The van der Waals surface area contributed by atoms with Crippen molar-refractivity contribution in [2.75, 3.05) is 0 Å². The first-order valence-electron chi connectivity index (χ1n) is 15.4. The third-order valence-electron chi connectivity index (χ3n) is 8.85. The first kappa shape index (κ1) is 26.2. The topological polar surface area (TPSA) is 51.6 Å². The molecule has 0 aliphatic carbocycles. The maximum atomic E-state index is 5.36. The molecule has 0 aliphatic heterocycles. The molecule has 0 saturated carbocycles. The third-order valence-corrected chi connectivity index (χ3v) is 8.85. The lowest BCUT2D eigenvalue weighted by Crippen LogP contribution is -1.94. The van der Waals surface area contributed by atoms with Gasteiger partial charge in [-0.15, -0.1) is 0 Å². The molecule has 9 rings (SSSR count). The Bertz CT molecular complexity index is 2520. The second-order valence-electron chi connectivity index (χ2n) is 11.5. The summed E-state index contributed by atoms with van der Waals surface area (Å²) in [6.07, 6.45) is 9.25. The molecule has 4 aromatic heterocycles. The number of para-hydroxylation sites is 1. The molecule has 0 bridgehead atoms. The normalized spacial score (nSPS) is 11.5. The second kappa shape index (κ2) is 10.7. The van der Waals surface area contributed by atoms with Gasteiger partial charge in [-0.1, -0.05) is 66.7 Å². The highest BCUT2D eigenvalue weighted by atomic mass is 14.7. The quantitative estimate of drug-likeness (QED) is 0.193. The molecule has 0 spiro atoms. The van der Waals surface area contributed by atoms with Gasteiger partial charge in [0.2, 0.25) is 0 Å². The molecule has 214 valence electrons. The van der Waals surface area contributed by atoms with Crippen molar-refractivity contribution in [3.05, 3.63) is 158 Å². The zero-order valence-electron chi connectivity index (χ0n) is 24.8. The predicted octanol–water partition coefficient (Wildman–Crippen LogP) is 10.5. The molecule has 4 heteroatoms. The molecular weight excluding hydrogens is 560 g/mol. The lowest BCUT2D eigenvalue weighted by Gasteiger charge is -2.16. The van der Waals surface area contributed by atoms with Crippen LogP contribution in [-0.4, -0.2) is 19.9 Å². The van der Waals surface area contributed by atoms with E-state index >= 15 is 0 Å². The van der Waals surface area contributed by atoms with Gasteiger partial charge in [-0.2, -0.15) is 0 Å². The molecule has 0 N–H and O–H groups in total. The summed E-state index contributed by atoms with van der Waals surface area (Å²) in [5, 5.41) is 6.89. The van der Waals surface area contributed by atoms with E-state index in [-0.39, 0.29) is 0 Å². The molecular formula is C42H26N4. The van der Waals surface area contributed by atoms with Gasteiger partial charge in [0.1, 0.15) is 0 Å². The molecule has 0 radical (unpaired) electrons. The van der Waals surface area contributed by atoms with E-state index < -0.39 is 0 Å². The Balaban J connectivity index is 1.33. The Morgan fingerprint density at radius 3 is 1.63 bits per heavy atom. The fourth-order valence-electron chi connectivity index (χ4n) is 6.75. The first-order chi connectivity index (χ1) is 22.8. The van der Waals surface area contributed by atoms with Crippen LogP contribution in [0.2, 0.25) is 0 Å². The van der Waals surface area contributed by atoms with Gasteiger partial charge >= 0.3 is 0 Å². The van der Waals surface area contributed by atoms with Crippen molar-refractivity contribution >= 4 is 43.4 Å². The lowest BCUT2D eigenvalue weighted by atomic mass is 9.90. The third kappa shape index (κ3) is 4.31. The van der Waals surface area contributed by atoms with E-state index in [2.05, 4.69) is 131 Å². The van der Waals surface area contributed by atoms with E-state index in [1.54, 1.807) is 0 Å². The molecule has 0 atom stereocenters. The van der Waals surface area contributed by atoms with Crippen molar-refractivity contribution in [3.63, 3.8) is 0 Å². The standard InChI is InChI=1S/C42H26N4/c1-2-10-35-34(9-1)40-39(37-12-6-18-45-42(35)37)36-11-3-4-13-38(36)46-41(40)30-8-5-7-29(23-30)33-25-31(27-14-19-43-20-15-27)24-32(26-33)28-16-21-44-22-17-28/h1-26H. The lowest BCUT2D eigenvalue weighted by molar-refractivity contribution is 1.33. The van der Waals surface area contributed by atoms with Crippen LogP contribution in [0.5, 0.6) is 0 Å². The van der Waals surface area contributed by atoms with Crippen LogP contribution in [0.15, 0.2) is 158 Å². The van der Waals surface area contributed by atoms with E-state index in [4.69, 9.17) is 9.97 Å². The summed E-state index contributed by atoms with van der Waals surface area (Å²) in [5.41, 5.74) is 10.8. The van der Waals surface area contributed by atoms with Crippen molar-refractivity contribution in [1.82, 2.24) is 19.9 Å². The molecule has 0 saturated heterocycles. The average molecular weight is 587 g/mol. The van der Waals surface area contributed by atoms with Gasteiger partial charge in [-0.3, -0.25) is 15.0 Å². The number of nitrogens with zero attached hydrogens (tertiary/aromatic N) is 4. The highest BCUT2D eigenvalue weighted by Gasteiger charge is 2.18. The number of fused-ring (bicyclic) bond motifs is 8. The largest absolute Gasteiger partial charge is 0.265 e. The van der Waals surface area contributed by atoms with Crippen molar-refractivity contribution in [3.8, 4) is 44.6 Å². The number of rotatable bonds is 4. The number of hydrogen-bond acceptors (Lipinski definition) is 4. The fourth-order valence-corrected chi connectivity index (χ4v) is 6.75. The van der Waals surface area contributed by atoms with Crippen LogP contribution >= 0.6 is 0 Å². The highest BCUT2D eigenvalue weighted by molar-refractivity contribution is 6.32. The molecule has 0 unspecified atom stereocenters. The summed E-state index contributed by atoms with van der Waals surface area (Å²) in [6, 6.07) is 45.0. The van der Waals surface area contributed by atoms with Crippen molar-refractivity contribution < 1.29 is 0 Å². The zero-order chi connectivity index (χ0) is 30.5. The van der Waals surface area contributed by atoms with Gasteiger partial charge in [0, 0.05) is 63.5 Å². The maximum absolute atomic E-state index is 5.36. The molecule has 0 amide bonds.